The van der Waals surface area contributed by atoms with Gasteiger partial charge in [0.1, 0.15) is 19.0 Å². The maximum Gasteiger partial charge on any atom is 0.0919 e. The van der Waals surface area contributed by atoms with Crippen LogP contribution < -0.4 is 11.5 Å². The molecule has 0 aliphatic rings. The second kappa shape index (κ2) is 26.7. The number of ether oxygens (including phenoxy) is 1. The first-order valence-electron chi connectivity index (χ1n) is 15.3. The summed E-state index contributed by atoms with van der Waals surface area (Å²) in [5.41, 5.74) is 1.36. The van der Waals surface area contributed by atoms with Gasteiger partial charge in [0, 0.05) is 62.2 Å². The van der Waals surface area contributed by atoms with Gasteiger partial charge in [0.25, 0.3) is 5.91 Å². The Morgan fingerprint density at radius 1 is 0.655 bits per heavy atom. The number of aromatic carboxylic acids is 1. The van der Waals surface area contributed by atoms with Crippen LogP contribution in [0, 0.1) is 6.65 Å². The van der Waals surface area contributed by atoms with E-state index in [-0.39, 0.29) is 18.1 Å². The molecule has 0 aliphatic carbocycles. The van der Waals surface area contributed by atoms with Gasteiger partial charge in [0.05, 0.1) is 17.5 Å². The molecule has 4 aromatic heterocycles. The molecule has 0 unspecified atom stereocenters. The number of rotatable bonds is 3. The van der Waals surface area contributed by atoms with Gasteiger partial charge in [-0.2, -0.15) is 0 Å². The Balaban J connectivity index is 0.000000351. The van der Waals surface area contributed by atoms with Crippen molar-refractivity contribution in [2.24, 2.45) is 0 Å². The second-order valence-electron chi connectivity index (χ2n) is 9.59. The Morgan fingerprint density at radius 3 is 1.42 bits per heavy atom. The third kappa shape index (κ3) is 17.1. The molecule has 7 aromatic rings. The summed E-state index contributed by atoms with van der Waals surface area (Å²) < 4.78 is 16.0. The fourth-order valence-electron chi connectivity index (χ4n) is 3.54. The summed E-state index contributed by atoms with van der Waals surface area (Å²) in [5, 5.41) is 10.9. The summed E-state index contributed by atoms with van der Waals surface area (Å²) in [6.07, 6.45) is 17.6. The molecule has 0 saturated heterocycles. The predicted octanol–water partition coefficient (Wildman–Crippen LogP) is 5.27. The minimum atomic E-state index is -0.879. The van der Waals surface area contributed by atoms with E-state index in [9.17, 15) is 24.0 Å². The van der Waals surface area contributed by atoms with Crippen molar-refractivity contribution in [1.29, 1.82) is 0 Å². The van der Waals surface area contributed by atoms with E-state index >= 15 is 0 Å². The first kappa shape index (κ1) is 45.0. The molecule has 1 amide bonds. The number of esters is 1. The number of aromatic amines is 1. The van der Waals surface area contributed by atoms with Crippen molar-refractivity contribution in [1.82, 2.24) is 50.1 Å². The number of aromatic nitrogens is 8. The molecule has 7 rings (SSSR count). The van der Waals surface area contributed by atoms with E-state index in [4.69, 9.17) is 9.76 Å². The fraction of sp³-hybridized carbons (Fsp3) is 0.0270. The molecule has 282 valence electrons. The van der Waals surface area contributed by atoms with Crippen molar-refractivity contribution in [3.63, 3.8) is 0 Å². The molecule has 0 bridgehead atoms. The number of imidazole rings is 4. The second-order valence-corrected chi connectivity index (χ2v) is 9.59. The van der Waals surface area contributed by atoms with Crippen LogP contribution in [-0.2, 0) is 9.39 Å². The molecule has 0 aliphatic heterocycles. The molecule has 18 nitrogen and oxygen atoms in total. The van der Waals surface area contributed by atoms with Crippen molar-refractivity contribution in [2.45, 2.75) is 0 Å². The first-order valence-corrected chi connectivity index (χ1v) is 15.3. The van der Waals surface area contributed by atoms with Crippen LogP contribution >= 0.6 is 0 Å². The first-order chi connectivity index (χ1) is 26.3. The van der Waals surface area contributed by atoms with E-state index in [0.717, 1.165) is 4.57 Å². The summed E-state index contributed by atoms with van der Waals surface area (Å²) in [5.74, 6) is -1.60. The fourth-order valence-corrected chi connectivity index (χ4v) is 3.54. The number of carboxylic acids is 1. The minimum Gasteiger partial charge on any atom is -0.351 e. The minimum absolute atomic E-state index is 0. The molecule has 18 heteroatoms. The average Bonchev–Trinajstić information content (AvgIpc) is 4.09. The third-order valence-corrected chi connectivity index (χ3v) is 6.04. The van der Waals surface area contributed by atoms with Crippen LogP contribution in [0.3, 0.4) is 0 Å². The van der Waals surface area contributed by atoms with E-state index in [1.165, 1.54) is 40.5 Å². The molecule has 0 spiro atoms. The molecule has 0 saturated carbocycles. The van der Waals surface area contributed by atoms with Crippen LogP contribution in [0.2, 0.25) is 0 Å². The number of H-pyrrole nitrogens is 1. The number of nitrogens with zero attached hydrogens (tertiary/aromatic N) is 7. The monoisotopic (exact) mass is 748 g/mol. The van der Waals surface area contributed by atoms with Gasteiger partial charge in [0.15, 0.2) is 0 Å². The van der Waals surface area contributed by atoms with Gasteiger partial charge < -0.3 is 26.3 Å². The molecule has 55 heavy (non-hydrogen) atoms. The van der Waals surface area contributed by atoms with Gasteiger partial charge in [-0.1, -0.05) is 54.6 Å². The van der Waals surface area contributed by atoms with E-state index in [1.807, 2.05) is 18.2 Å². The van der Waals surface area contributed by atoms with E-state index in [2.05, 4.69) is 41.6 Å². The quantitative estimate of drug-likeness (QED) is 0.0779. The molecule has 0 atom stereocenters. The Morgan fingerprint density at radius 2 is 1.09 bits per heavy atom. The number of hydrogen-bond acceptors (Lipinski definition) is 11. The number of benzene rings is 3. The number of hydrogen-bond donors (Lipinski definition) is 4. The molecular formula is C37H36N10O8. The standard InChI is InChI=1S/C11H8N2O3.C8H9NO.C7H6N4O.C7H6O2.C3H4N2.CO.H3N/c14-10(9-4-2-1-3-5-9)16-11(15)13-7-6-12-8-13;1-9-8(10)7-5-3-2-4-6-7;12-7(10-3-1-8-5-10)11-4-2-9-6-11;8-7(9)6-4-2-1-3-5-6;1-2-5-3-4-1;1-2;/h1-8H;2-6H,1H3,(H,9,10);1-6H;1-5H,(H,8,9);1-3H,(H,4,5);;1H3. The maximum absolute atomic E-state index is 11.5. The van der Waals surface area contributed by atoms with Crippen molar-refractivity contribution in [2.75, 3.05) is 7.05 Å². The smallest absolute Gasteiger partial charge is 0.0919 e. The van der Waals surface area contributed by atoms with Crippen LogP contribution in [-0.4, -0.2) is 80.7 Å². The van der Waals surface area contributed by atoms with Crippen LogP contribution in [0.1, 0.15) is 31.1 Å². The SMILES string of the molecule is CNC(=O)c1ccccc1.N.O=C(O)c1ccccc1.O=C(OC(=O)n1ccnc1)c1ccccc1.O=C(n1ccnc1)n1ccnc1.[C-]#[O+].c1c[nH]cn1. The van der Waals surface area contributed by atoms with Crippen LogP contribution in [0.5, 0.6) is 0 Å². The van der Waals surface area contributed by atoms with Crippen LogP contribution in [0.25, 0.3) is 0 Å². The summed E-state index contributed by atoms with van der Waals surface area (Å²) in [6, 6.07) is 25.5. The van der Waals surface area contributed by atoms with E-state index in [1.54, 1.807) is 123 Å². The molecule has 6 N–H and O–H groups in total. The van der Waals surface area contributed by atoms with Crippen molar-refractivity contribution in [3.8, 4) is 0 Å². The van der Waals surface area contributed by atoms with Gasteiger partial charge in [-0.3, -0.25) is 13.9 Å². The number of carboxylic acid groups (broad SMARTS) is 1. The van der Waals surface area contributed by atoms with Gasteiger partial charge in [-0.05, 0) is 36.4 Å². The zero-order chi connectivity index (χ0) is 39.4. The van der Waals surface area contributed by atoms with Crippen LogP contribution in [0.4, 0.5) is 9.59 Å². The van der Waals surface area contributed by atoms with Crippen molar-refractivity contribution < 1.29 is 38.5 Å². The molecular weight excluding hydrogens is 712 g/mol. The Labute approximate surface area is 314 Å². The van der Waals surface area contributed by atoms with Gasteiger partial charge in [-0.25, -0.2) is 43.7 Å². The number of nitrogens with one attached hydrogen (secondary N) is 2. The number of carbonyl (C=O) groups excluding carboxylic acids is 4. The predicted molar refractivity (Wildman–Crippen MR) is 196 cm³/mol. The molecule has 3 aromatic carbocycles. The van der Waals surface area contributed by atoms with E-state index in [0.29, 0.717) is 16.7 Å². The topological polar surface area (TPSA) is 264 Å². The van der Waals surface area contributed by atoms with Crippen molar-refractivity contribution >= 4 is 30.0 Å². The Hall–Kier alpha value is -8.05. The summed E-state index contributed by atoms with van der Waals surface area (Å²) in [7, 11) is 1.62. The Kier molecular flexibility index (Phi) is 21.8. The van der Waals surface area contributed by atoms with Gasteiger partial charge in [-0.15, -0.1) is 0 Å². The number of amides is 1. The maximum atomic E-state index is 11.5. The molecule has 0 radical (unpaired) electrons. The number of carbonyl (C=O) groups is 5. The van der Waals surface area contributed by atoms with E-state index < -0.39 is 18.0 Å². The van der Waals surface area contributed by atoms with Gasteiger partial charge in [0.2, 0.25) is 0 Å². The van der Waals surface area contributed by atoms with Gasteiger partial charge >= 0.3 is 35.4 Å². The summed E-state index contributed by atoms with van der Waals surface area (Å²) >= 11 is 0. The molecule has 0 fully saturated rings. The van der Waals surface area contributed by atoms with Crippen LogP contribution in [0.15, 0.2) is 166 Å². The zero-order valence-corrected chi connectivity index (χ0v) is 29.2. The zero-order valence-electron chi connectivity index (χ0n) is 29.2. The molecule has 4 heterocycles. The van der Waals surface area contributed by atoms with Crippen molar-refractivity contribution in [3.05, 3.63) is 189 Å². The normalized spacial score (nSPS) is 8.85. The average molecular weight is 749 g/mol. The summed E-state index contributed by atoms with van der Waals surface area (Å²) in [4.78, 5) is 73.0. The third-order valence-electron chi connectivity index (χ3n) is 6.04. The largest absolute Gasteiger partial charge is 0.351 e. The summed E-state index contributed by atoms with van der Waals surface area (Å²) in [6.45, 7) is 4.50. The Bertz CT molecular complexity index is 2020.